The van der Waals surface area contributed by atoms with Crippen LogP contribution in [0.5, 0.6) is 0 Å². The fraction of sp³-hybridized carbons (Fsp3) is 0.143. The molecule has 0 atom stereocenters. The van der Waals surface area contributed by atoms with Crippen LogP contribution in [-0.2, 0) is 0 Å². The van der Waals surface area contributed by atoms with Crippen LogP contribution in [0, 0.1) is 37.7 Å². The third kappa shape index (κ3) is 3.13. The summed E-state index contributed by atoms with van der Waals surface area (Å²) in [6.45, 7) is 0. The van der Waals surface area contributed by atoms with Crippen molar-refractivity contribution >= 4 is 5.78 Å². The Morgan fingerprint density at radius 2 is 2.17 bits per heavy atom. The molecule has 0 saturated heterocycles. The molecule has 0 aliphatic heterocycles. The van der Waals surface area contributed by atoms with Crippen LogP contribution in [0.1, 0.15) is 10.4 Å². The topological polar surface area (TPSA) is 30.0 Å². The summed E-state index contributed by atoms with van der Waals surface area (Å²) >= 11 is 0. The summed E-state index contributed by atoms with van der Waals surface area (Å²) in [6.07, 6.45) is -0.407. The van der Waals surface area contributed by atoms with Gasteiger partial charge in [0.15, 0.2) is 0 Å². The van der Waals surface area contributed by atoms with Crippen molar-refractivity contribution in [3.8, 4) is 0 Å². The van der Waals surface area contributed by atoms with E-state index in [9.17, 15) is 13.6 Å². The number of alkyl halides is 2. The van der Waals surface area contributed by atoms with Gasteiger partial charge in [-0.3, -0.25) is 9.78 Å². The summed E-state index contributed by atoms with van der Waals surface area (Å²) in [5.41, 5.74) is -0.0532. The first-order valence-corrected chi connectivity index (χ1v) is 2.94. The van der Waals surface area contributed by atoms with E-state index >= 15 is 0 Å². The van der Waals surface area contributed by atoms with Crippen LogP contribution in [0.2, 0.25) is 0 Å². The largest absolute Gasteiger partial charge is 0.300 e. The van der Waals surface area contributed by atoms with Gasteiger partial charge in [0.25, 0.3) is 0 Å². The molecule has 0 radical (unpaired) electrons. The number of hydrogen-bond donors (Lipinski definition) is 0. The van der Waals surface area contributed by atoms with Crippen LogP contribution in [0.15, 0.2) is 24.5 Å². The smallest absolute Gasteiger partial charge is 0.288 e. The second-order valence-electron chi connectivity index (χ2n) is 1.91. The SMILES string of the molecule is O=C(c1cccnc1)C(F)F.[Ar]. The van der Waals surface area contributed by atoms with Crippen molar-refractivity contribution in [2.75, 3.05) is 0 Å². The molecule has 5 heteroatoms. The van der Waals surface area contributed by atoms with Gasteiger partial charge in [0.2, 0.25) is 5.78 Å². The van der Waals surface area contributed by atoms with Crippen LogP contribution in [0.3, 0.4) is 0 Å². The number of ketones is 1. The quantitative estimate of drug-likeness (QED) is 0.673. The average Bonchev–Trinajstić information content (AvgIpc) is 2.05. The molecule has 0 amide bonds. The van der Waals surface area contributed by atoms with E-state index in [4.69, 9.17) is 0 Å². The van der Waals surface area contributed by atoms with Crippen molar-refractivity contribution in [1.29, 1.82) is 0 Å². The Bertz CT molecular complexity index is 253. The Hall–Kier alpha value is -0.0603. The van der Waals surface area contributed by atoms with Gasteiger partial charge in [0.05, 0.1) is 0 Å². The van der Waals surface area contributed by atoms with Gasteiger partial charge in [-0.15, -0.1) is 0 Å². The molecule has 0 N–H and O–H groups in total. The molecule has 2 nitrogen and oxygen atoms in total. The molecular weight excluding hydrogens is 192 g/mol. The zero-order valence-corrected chi connectivity index (χ0v) is 6.56. The standard InChI is InChI=1S/C7H5F2NO.Ar/c8-7(9)6(11)5-2-1-3-10-4-5;/h1-4,7H;. The van der Waals surface area contributed by atoms with E-state index < -0.39 is 12.2 Å². The van der Waals surface area contributed by atoms with Gasteiger partial charge in [-0.25, -0.2) is 8.78 Å². The zero-order chi connectivity index (χ0) is 8.27. The number of pyridine rings is 1. The van der Waals surface area contributed by atoms with E-state index in [1.165, 1.54) is 18.3 Å². The summed E-state index contributed by atoms with van der Waals surface area (Å²) in [5, 5.41) is 0. The maximum atomic E-state index is 11.7. The summed E-state index contributed by atoms with van der Waals surface area (Å²) in [5.74, 6) is -1.18. The van der Waals surface area contributed by atoms with E-state index in [1.54, 1.807) is 0 Å². The average molecular weight is 197 g/mol. The number of halogens is 2. The third-order valence-corrected chi connectivity index (χ3v) is 1.14. The fourth-order valence-electron chi connectivity index (χ4n) is 0.635. The van der Waals surface area contributed by atoms with E-state index in [2.05, 4.69) is 4.98 Å². The summed E-state index contributed by atoms with van der Waals surface area (Å²) in [4.78, 5) is 14.1. The van der Waals surface area contributed by atoms with Crippen LogP contribution in [0.25, 0.3) is 0 Å². The van der Waals surface area contributed by atoms with Gasteiger partial charge in [0.1, 0.15) is 0 Å². The van der Waals surface area contributed by atoms with Crippen molar-refractivity contribution in [1.82, 2.24) is 4.98 Å². The Labute approximate surface area is 98.0 Å². The van der Waals surface area contributed by atoms with Crippen molar-refractivity contribution in [3.63, 3.8) is 0 Å². The first-order valence-electron chi connectivity index (χ1n) is 2.94. The maximum Gasteiger partial charge on any atom is 0.300 e. The van der Waals surface area contributed by atoms with Gasteiger partial charge in [0, 0.05) is 55.7 Å². The Morgan fingerprint density at radius 1 is 1.50 bits per heavy atom. The number of hydrogen-bond acceptors (Lipinski definition) is 2. The molecule has 1 rings (SSSR count). The van der Waals surface area contributed by atoms with E-state index in [0.29, 0.717) is 0 Å². The number of carbonyl (C=O) groups is 1. The second-order valence-corrected chi connectivity index (χ2v) is 1.91. The number of carbonyl (C=O) groups excluding carboxylic acids is 1. The first-order chi connectivity index (χ1) is 5.22. The van der Waals surface area contributed by atoms with Gasteiger partial charge < -0.3 is 0 Å². The molecule has 0 fully saturated rings. The predicted molar refractivity (Wildman–Crippen MR) is 34.6 cm³/mol. The number of rotatable bonds is 2. The van der Waals surface area contributed by atoms with Gasteiger partial charge in [-0.05, 0) is 12.1 Å². The van der Waals surface area contributed by atoms with E-state index in [-0.39, 0.29) is 43.3 Å². The van der Waals surface area contributed by atoms with Gasteiger partial charge in [-0.1, -0.05) is 0 Å². The van der Waals surface area contributed by atoms with Crippen molar-refractivity contribution in [3.05, 3.63) is 30.1 Å². The molecule has 0 saturated carbocycles. The van der Waals surface area contributed by atoms with Crippen LogP contribution in [-0.4, -0.2) is 17.2 Å². The number of nitrogens with zero attached hydrogens (tertiary/aromatic N) is 1. The van der Waals surface area contributed by atoms with Crippen molar-refractivity contribution in [2.45, 2.75) is 6.43 Å². The molecule has 1 aromatic rings. The predicted octanol–water partition coefficient (Wildman–Crippen LogP) is 1.53. The zero-order valence-electron chi connectivity index (χ0n) is 5.85. The van der Waals surface area contributed by atoms with E-state index in [1.807, 2.05) is 0 Å². The van der Waals surface area contributed by atoms with Gasteiger partial charge in [-0.2, -0.15) is 0 Å². The Morgan fingerprint density at radius 3 is 2.58 bits per heavy atom. The molecule has 0 aliphatic rings. The minimum atomic E-state index is -2.95. The summed E-state index contributed by atoms with van der Waals surface area (Å²) in [6, 6.07) is 2.75. The molecule has 0 aliphatic carbocycles. The Balaban J connectivity index is 0.00000121. The van der Waals surface area contributed by atoms with E-state index in [0.717, 1.165) is 6.20 Å². The summed E-state index contributed by atoms with van der Waals surface area (Å²) in [7, 11) is 0. The molecular formula is C7H5ArF2NO. The third-order valence-electron chi connectivity index (χ3n) is 1.14. The van der Waals surface area contributed by atoms with Crippen LogP contribution < -0.4 is 0 Å². The molecule has 1 heterocycles. The summed E-state index contributed by atoms with van der Waals surface area (Å²) < 4.78 is 23.5. The molecule has 12 heavy (non-hydrogen) atoms. The van der Waals surface area contributed by atoms with Gasteiger partial charge >= 0.3 is 6.43 Å². The van der Waals surface area contributed by atoms with Crippen LogP contribution >= 0.6 is 0 Å². The molecule has 0 aromatic carbocycles. The normalized spacial score (nSPS) is 9.25. The fourth-order valence-corrected chi connectivity index (χ4v) is 0.635. The maximum absolute atomic E-state index is 11.7. The minimum Gasteiger partial charge on any atom is -0.288 e. The Kier molecular flexibility index (Phi) is 5.53. The molecule has 0 spiro atoms. The van der Waals surface area contributed by atoms with Crippen molar-refractivity contribution < 1.29 is 51.3 Å². The monoisotopic (exact) mass is 197 g/mol. The minimum absolute atomic E-state index is 0. The van der Waals surface area contributed by atoms with Crippen LogP contribution in [0.4, 0.5) is 8.78 Å². The second kappa shape index (κ2) is 5.56. The first kappa shape index (κ1) is 11.9. The molecule has 1 aromatic heterocycles. The number of Topliss-reactive ketones (excluding diaryl/α,β-unsaturated/α-hetero) is 1. The van der Waals surface area contributed by atoms with Crippen molar-refractivity contribution in [2.24, 2.45) is 0 Å². The molecule has 0 unspecified atom stereocenters. The molecule has 0 bridgehead atoms. The number of aromatic nitrogens is 1. The molecule has 66 valence electrons.